The van der Waals surface area contributed by atoms with E-state index in [0.717, 1.165) is 63.3 Å². The number of ether oxygens (including phenoxy) is 1. The Kier molecular flexibility index (Phi) is 5.85. The maximum Gasteiger partial charge on any atom is 0.245 e. The molecule has 1 fully saturated rings. The molecule has 172 valence electrons. The van der Waals surface area contributed by atoms with Crippen LogP contribution in [0.5, 0.6) is 0 Å². The molecule has 5 rings (SSSR count). The summed E-state index contributed by atoms with van der Waals surface area (Å²) in [4.78, 5) is 13.9. The highest BCUT2D eigenvalue weighted by atomic mass is 35.5. The summed E-state index contributed by atoms with van der Waals surface area (Å²) in [6.45, 7) is 10.4. The number of nitrogens with zero attached hydrogens (tertiary/aromatic N) is 4. The first-order valence-electron chi connectivity index (χ1n) is 11.4. The molecule has 2 aliphatic heterocycles. The highest BCUT2D eigenvalue weighted by Gasteiger charge is 2.30. The zero-order valence-electron chi connectivity index (χ0n) is 19.0. The molecule has 8 heteroatoms. The highest BCUT2D eigenvalue weighted by molar-refractivity contribution is 6.36. The molecule has 3 aromatic rings. The number of halogens is 1. The summed E-state index contributed by atoms with van der Waals surface area (Å²) in [6.07, 6.45) is 7.88. The van der Waals surface area contributed by atoms with Crippen LogP contribution in [-0.2, 0) is 9.53 Å². The fraction of sp³-hybridized carbons (Fsp3) is 0.400. The van der Waals surface area contributed by atoms with Gasteiger partial charge < -0.3 is 9.64 Å². The van der Waals surface area contributed by atoms with Crippen molar-refractivity contribution in [2.45, 2.75) is 39.2 Å². The zero-order valence-corrected chi connectivity index (χ0v) is 19.8. The monoisotopic (exact) mass is 465 g/mol. The van der Waals surface area contributed by atoms with Crippen molar-refractivity contribution in [1.82, 2.24) is 24.9 Å². The number of nitrogens with one attached hydrogen (secondary N) is 1. The molecule has 4 heterocycles. The molecule has 0 unspecified atom stereocenters. The number of aromatic nitrogens is 4. The van der Waals surface area contributed by atoms with Crippen molar-refractivity contribution in [1.29, 1.82) is 0 Å². The molecule has 7 nitrogen and oxygen atoms in total. The first-order chi connectivity index (χ1) is 16.0. The molecule has 2 aliphatic rings. The van der Waals surface area contributed by atoms with Crippen molar-refractivity contribution in [3.8, 4) is 11.1 Å². The molecule has 0 atom stereocenters. The van der Waals surface area contributed by atoms with Crippen molar-refractivity contribution in [2.24, 2.45) is 0 Å². The maximum atomic E-state index is 12.0. The van der Waals surface area contributed by atoms with E-state index in [1.54, 1.807) is 0 Å². The lowest BCUT2D eigenvalue weighted by atomic mass is 9.93. The van der Waals surface area contributed by atoms with Gasteiger partial charge in [0, 0.05) is 35.3 Å². The molecule has 1 N–H and O–H groups in total. The van der Waals surface area contributed by atoms with Crippen LogP contribution in [0.2, 0.25) is 5.02 Å². The van der Waals surface area contributed by atoms with E-state index in [9.17, 15) is 4.79 Å². The molecule has 1 amide bonds. The Bertz CT molecular complexity index is 1260. The summed E-state index contributed by atoms with van der Waals surface area (Å²) in [6, 6.07) is 2.25. The summed E-state index contributed by atoms with van der Waals surface area (Å²) < 4.78 is 7.72. The summed E-state index contributed by atoms with van der Waals surface area (Å²) in [7, 11) is 0. The lowest BCUT2D eigenvalue weighted by molar-refractivity contribution is -0.127. The summed E-state index contributed by atoms with van der Waals surface area (Å²) in [5.41, 5.74) is 7.24. The number of hydrogen-bond acceptors (Lipinski definition) is 4. The molecule has 1 aromatic carbocycles. The van der Waals surface area contributed by atoms with Crippen molar-refractivity contribution in [2.75, 3.05) is 26.3 Å². The molecule has 0 bridgehead atoms. The Labute approximate surface area is 198 Å². The molecule has 0 spiro atoms. The molecule has 33 heavy (non-hydrogen) atoms. The number of aromatic amines is 1. The first kappa shape index (κ1) is 21.9. The number of amides is 1. The summed E-state index contributed by atoms with van der Waals surface area (Å²) in [5.74, 6) is -0.00623. The van der Waals surface area contributed by atoms with Gasteiger partial charge in [0.2, 0.25) is 5.91 Å². The molecule has 0 saturated carbocycles. The third kappa shape index (κ3) is 3.79. The molecular weight excluding hydrogens is 438 g/mol. The van der Waals surface area contributed by atoms with Crippen molar-refractivity contribution in [3.63, 3.8) is 0 Å². The van der Waals surface area contributed by atoms with E-state index in [1.807, 2.05) is 24.1 Å². The second-order valence-corrected chi connectivity index (χ2v) is 9.16. The van der Waals surface area contributed by atoms with Crippen LogP contribution in [0.25, 0.3) is 27.6 Å². The van der Waals surface area contributed by atoms with Gasteiger partial charge in [-0.2, -0.15) is 10.2 Å². The van der Waals surface area contributed by atoms with Gasteiger partial charge >= 0.3 is 0 Å². The standard InChI is InChI=1S/C25H28ClN5O2/c1-4-21(32)30-9-5-18(6-10-30)31-16(3)22(25(29-31)17-7-11-33-12-8-17)23-19-14-27-28-20(19)13-15(2)24(23)26/h4,7,13-14,18H,1,5-6,8-12H2,2-3H3,(H,27,28). The lowest BCUT2D eigenvalue weighted by Gasteiger charge is -2.32. The van der Waals surface area contributed by atoms with E-state index in [4.69, 9.17) is 21.4 Å². The molecular formula is C25H28ClN5O2. The van der Waals surface area contributed by atoms with Gasteiger partial charge in [-0.15, -0.1) is 0 Å². The third-order valence-electron chi connectivity index (χ3n) is 6.83. The molecule has 2 aromatic heterocycles. The largest absolute Gasteiger partial charge is 0.377 e. The van der Waals surface area contributed by atoms with E-state index < -0.39 is 0 Å². The topological polar surface area (TPSA) is 76.0 Å². The van der Waals surface area contributed by atoms with Crippen molar-refractivity contribution >= 4 is 34.0 Å². The van der Waals surface area contributed by atoms with Gasteiger partial charge in [0.05, 0.1) is 41.7 Å². The van der Waals surface area contributed by atoms with E-state index >= 15 is 0 Å². The van der Waals surface area contributed by atoms with E-state index in [0.29, 0.717) is 26.3 Å². The third-order valence-corrected chi connectivity index (χ3v) is 7.32. The van der Waals surface area contributed by atoms with Gasteiger partial charge in [-0.05, 0) is 56.4 Å². The fourth-order valence-electron chi connectivity index (χ4n) is 5.05. The van der Waals surface area contributed by atoms with Gasteiger partial charge in [0.25, 0.3) is 0 Å². The average Bonchev–Trinajstić information content (AvgIpc) is 3.44. The smallest absolute Gasteiger partial charge is 0.245 e. The second kappa shape index (κ2) is 8.80. The summed E-state index contributed by atoms with van der Waals surface area (Å²) >= 11 is 6.94. The predicted octanol–water partition coefficient (Wildman–Crippen LogP) is 4.85. The number of rotatable bonds is 4. The minimum atomic E-state index is -0.00623. The van der Waals surface area contributed by atoms with E-state index in [1.165, 1.54) is 11.6 Å². The van der Waals surface area contributed by atoms with Crippen LogP contribution in [0.4, 0.5) is 0 Å². The molecule has 0 radical (unpaired) electrons. The van der Waals surface area contributed by atoms with Crippen molar-refractivity contribution < 1.29 is 9.53 Å². The zero-order chi connectivity index (χ0) is 23.1. The first-order valence-corrected chi connectivity index (χ1v) is 11.8. The Hall–Kier alpha value is -2.90. The average molecular weight is 466 g/mol. The lowest BCUT2D eigenvalue weighted by Crippen LogP contribution is -2.38. The number of piperidine rings is 1. The Morgan fingerprint density at radius 3 is 2.79 bits per heavy atom. The molecule has 1 saturated heterocycles. The van der Waals surface area contributed by atoms with Gasteiger partial charge in [-0.25, -0.2) is 0 Å². The molecule has 0 aliphatic carbocycles. The number of likely N-dealkylation sites (tertiary alicyclic amines) is 1. The fourth-order valence-corrected chi connectivity index (χ4v) is 5.30. The van der Waals surface area contributed by atoms with Crippen LogP contribution < -0.4 is 0 Å². The van der Waals surface area contributed by atoms with Crippen LogP contribution in [0.15, 0.2) is 31.0 Å². The number of H-pyrrole nitrogens is 1. The maximum absolute atomic E-state index is 12.0. The van der Waals surface area contributed by atoms with Gasteiger partial charge in [-0.3, -0.25) is 14.6 Å². The minimum absolute atomic E-state index is 0.00623. The number of fused-ring (bicyclic) bond motifs is 1. The highest BCUT2D eigenvalue weighted by Crippen LogP contribution is 2.43. The normalized spacial score (nSPS) is 17.4. The van der Waals surface area contributed by atoms with E-state index in [2.05, 4.69) is 34.5 Å². The number of aryl methyl sites for hydroxylation is 1. The van der Waals surface area contributed by atoms with Gasteiger partial charge in [0.15, 0.2) is 0 Å². The quantitative estimate of drug-likeness (QED) is 0.559. The Morgan fingerprint density at radius 2 is 2.09 bits per heavy atom. The van der Waals surface area contributed by atoms with Crippen molar-refractivity contribution in [3.05, 3.63) is 53.0 Å². The number of benzene rings is 1. The van der Waals surface area contributed by atoms with Crippen LogP contribution in [0.3, 0.4) is 0 Å². The van der Waals surface area contributed by atoms with Crippen LogP contribution >= 0.6 is 11.6 Å². The minimum Gasteiger partial charge on any atom is -0.377 e. The number of hydrogen-bond donors (Lipinski definition) is 1. The SMILES string of the molecule is C=CC(=O)N1CCC(n2nc(C3=CCOCC3)c(-c3c(Cl)c(C)cc4[nH]ncc34)c2C)CC1. The Balaban J connectivity index is 1.65. The van der Waals surface area contributed by atoms with Gasteiger partial charge in [-0.1, -0.05) is 24.3 Å². The number of carbonyl (C=O) groups is 1. The Morgan fingerprint density at radius 1 is 1.30 bits per heavy atom. The van der Waals surface area contributed by atoms with Crippen LogP contribution in [-0.4, -0.2) is 57.1 Å². The van der Waals surface area contributed by atoms with E-state index in [-0.39, 0.29) is 11.9 Å². The second-order valence-electron chi connectivity index (χ2n) is 8.78. The van der Waals surface area contributed by atoms with Crippen LogP contribution in [0.1, 0.15) is 42.3 Å². The van der Waals surface area contributed by atoms with Crippen LogP contribution in [0, 0.1) is 13.8 Å². The number of carbonyl (C=O) groups excluding carboxylic acids is 1. The summed E-state index contributed by atoms with van der Waals surface area (Å²) in [5, 5.41) is 14.3. The predicted molar refractivity (Wildman–Crippen MR) is 130 cm³/mol. The van der Waals surface area contributed by atoms with Gasteiger partial charge in [0.1, 0.15) is 0 Å².